The number of carbonyl (C=O) groups excluding carboxylic acids is 1. The lowest BCUT2D eigenvalue weighted by Gasteiger charge is -2.17. The molecular weight excluding hydrogens is 408 g/mol. The molecule has 0 spiro atoms. The molecule has 1 atom stereocenters. The van der Waals surface area contributed by atoms with Crippen molar-refractivity contribution in [2.24, 2.45) is 0 Å². The Kier molecular flexibility index (Phi) is 7.26. The van der Waals surface area contributed by atoms with Gasteiger partial charge in [-0.1, -0.05) is 54.6 Å². The van der Waals surface area contributed by atoms with Crippen LogP contribution in [0.25, 0.3) is 0 Å². The van der Waals surface area contributed by atoms with E-state index in [2.05, 4.69) is 28.2 Å². The first kappa shape index (κ1) is 22.4. The molecule has 0 amide bonds. The van der Waals surface area contributed by atoms with Crippen molar-refractivity contribution in [3.63, 3.8) is 0 Å². The van der Waals surface area contributed by atoms with Crippen molar-refractivity contribution in [1.29, 1.82) is 0 Å². The highest BCUT2D eigenvalue weighted by Crippen LogP contribution is 2.28. The first-order chi connectivity index (χ1) is 16.1. The van der Waals surface area contributed by atoms with E-state index >= 15 is 0 Å². The van der Waals surface area contributed by atoms with Crippen molar-refractivity contribution in [3.8, 4) is 5.75 Å². The summed E-state index contributed by atoms with van der Waals surface area (Å²) in [6.07, 6.45) is 4.44. The van der Waals surface area contributed by atoms with Crippen molar-refractivity contribution < 1.29 is 9.53 Å². The van der Waals surface area contributed by atoms with Gasteiger partial charge in [-0.25, -0.2) is 0 Å². The van der Waals surface area contributed by atoms with Gasteiger partial charge in [0, 0.05) is 48.1 Å². The van der Waals surface area contributed by atoms with Crippen LogP contribution in [0.3, 0.4) is 0 Å². The molecule has 0 fully saturated rings. The fraction of sp³-hybridized carbons (Fsp3) is 0.207. The predicted molar refractivity (Wildman–Crippen MR) is 130 cm³/mol. The molecule has 0 bridgehead atoms. The van der Waals surface area contributed by atoms with Crippen LogP contribution in [0.15, 0.2) is 91.3 Å². The van der Waals surface area contributed by atoms with Gasteiger partial charge in [0.1, 0.15) is 18.1 Å². The van der Waals surface area contributed by atoms with Crippen molar-refractivity contribution in [3.05, 3.63) is 125 Å². The van der Waals surface area contributed by atoms with Crippen LogP contribution in [0, 0.1) is 13.8 Å². The summed E-state index contributed by atoms with van der Waals surface area (Å²) in [4.78, 5) is 21.9. The molecule has 0 saturated heterocycles. The van der Waals surface area contributed by atoms with Crippen LogP contribution in [0.5, 0.6) is 5.75 Å². The van der Waals surface area contributed by atoms with Gasteiger partial charge in [0.2, 0.25) is 0 Å². The van der Waals surface area contributed by atoms with E-state index in [1.165, 1.54) is 0 Å². The van der Waals surface area contributed by atoms with Gasteiger partial charge in [0.05, 0.1) is 0 Å². The van der Waals surface area contributed by atoms with Crippen molar-refractivity contribution in [2.75, 3.05) is 0 Å². The summed E-state index contributed by atoms with van der Waals surface area (Å²) in [5.41, 5.74) is 6.15. The summed E-state index contributed by atoms with van der Waals surface area (Å²) in [6.45, 7) is 4.47. The standard InChI is InChI=1S/C29H28N2O2/c1-21-10-15-29(31-19-21)28(24-7-4-3-5-8-24)18-26(32)17-23-11-13-27(14-12-23)33-20-25-9-6-16-30-22(25)2/h3-16,19,28H,17-18,20H2,1-2H3. The predicted octanol–water partition coefficient (Wildman–Crippen LogP) is 6.01. The second kappa shape index (κ2) is 10.7. The Morgan fingerprint density at radius 1 is 0.879 bits per heavy atom. The van der Waals surface area contributed by atoms with E-state index in [4.69, 9.17) is 4.74 Å². The number of rotatable bonds is 9. The molecule has 0 saturated carbocycles. The lowest BCUT2D eigenvalue weighted by molar-refractivity contribution is -0.118. The first-order valence-corrected chi connectivity index (χ1v) is 11.2. The maximum absolute atomic E-state index is 13.0. The van der Waals surface area contributed by atoms with Gasteiger partial charge >= 0.3 is 0 Å². The van der Waals surface area contributed by atoms with Crippen molar-refractivity contribution in [2.45, 2.75) is 39.2 Å². The Bertz CT molecular complexity index is 1190. The highest BCUT2D eigenvalue weighted by Gasteiger charge is 2.19. The van der Waals surface area contributed by atoms with Crippen LogP contribution in [0.4, 0.5) is 0 Å². The molecule has 2 aromatic carbocycles. The Labute approximate surface area is 195 Å². The zero-order chi connectivity index (χ0) is 23.0. The Morgan fingerprint density at radius 3 is 2.36 bits per heavy atom. The van der Waals surface area contributed by atoms with Gasteiger partial charge in [-0.2, -0.15) is 0 Å². The second-order valence-electron chi connectivity index (χ2n) is 8.32. The van der Waals surface area contributed by atoms with E-state index in [1.54, 1.807) is 6.20 Å². The molecular formula is C29H28N2O2. The molecule has 4 heteroatoms. The van der Waals surface area contributed by atoms with Gasteiger partial charge in [-0.05, 0) is 54.8 Å². The highest BCUT2D eigenvalue weighted by molar-refractivity contribution is 5.82. The van der Waals surface area contributed by atoms with Crippen LogP contribution in [0.1, 0.15) is 46.0 Å². The number of Topliss-reactive ketones (excluding diaryl/α,β-unsaturated/α-hetero) is 1. The first-order valence-electron chi connectivity index (χ1n) is 11.2. The topological polar surface area (TPSA) is 52.1 Å². The number of hydrogen-bond donors (Lipinski definition) is 0. The molecule has 2 heterocycles. The molecule has 166 valence electrons. The minimum atomic E-state index is -0.0513. The zero-order valence-corrected chi connectivity index (χ0v) is 19.1. The minimum Gasteiger partial charge on any atom is -0.489 e. The normalized spacial score (nSPS) is 11.7. The van der Waals surface area contributed by atoms with E-state index in [1.807, 2.05) is 80.7 Å². The van der Waals surface area contributed by atoms with Crippen LogP contribution >= 0.6 is 0 Å². The van der Waals surface area contributed by atoms with E-state index < -0.39 is 0 Å². The molecule has 0 aliphatic carbocycles. The number of ether oxygens (including phenoxy) is 1. The zero-order valence-electron chi connectivity index (χ0n) is 19.1. The molecule has 4 rings (SSSR count). The van der Waals surface area contributed by atoms with E-state index in [0.29, 0.717) is 19.4 Å². The number of aryl methyl sites for hydroxylation is 2. The molecule has 0 aliphatic rings. The number of carbonyl (C=O) groups is 1. The summed E-state index contributed by atoms with van der Waals surface area (Å²) >= 11 is 0. The molecule has 0 aliphatic heterocycles. The maximum Gasteiger partial charge on any atom is 0.138 e. The third kappa shape index (κ3) is 6.13. The highest BCUT2D eigenvalue weighted by atomic mass is 16.5. The molecule has 1 unspecified atom stereocenters. The fourth-order valence-corrected chi connectivity index (χ4v) is 3.83. The largest absolute Gasteiger partial charge is 0.489 e. The van der Waals surface area contributed by atoms with Crippen LogP contribution in [-0.4, -0.2) is 15.8 Å². The van der Waals surface area contributed by atoms with E-state index in [9.17, 15) is 4.79 Å². The number of aromatic nitrogens is 2. The van der Waals surface area contributed by atoms with Crippen molar-refractivity contribution >= 4 is 5.78 Å². The van der Waals surface area contributed by atoms with Crippen LogP contribution in [-0.2, 0) is 17.8 Å². The summed E-state index contributed by atoms with van der Waals surface area (Å²) in [5, 5.41) is 0. The molecule has 33 heavy (non-hydrogen) atoms. The second-order valence-corrected chi connectivity index (χ2v) is 8.32. The van der Waals surface area contributed by atoms with Crippen LogP contribution in [0.2, 0.25) is 0 Å². The number of ketones is 1. The van der Waals surface area contributed by atoms with Gasteiger partial charge in [0.15, 0.2) is 0 Å². The summed E-state index contributed by atoms with van der Waals surface area (Å²) < 4.78 is 5.89. The van der Waals surface area contributed by atoms with Gasteiger partial charge in [0.25, 0.3) is 0 Å². The van der Waals surface area contributed by atoms with E-state index in [-0.39, 0.29) is 11.7 Å². The quantitative estimate of drug-likeness (QED) is 0.323. The van der Waals surface area contributed by atoms with E-state index in [0.717, 1.165) is 39.4 Å². The Balaban J connectivity index is 1.40. The molecule has 4 nitrogen and oxygen atoms in total. The number of hydrogen-bond acceptors (Lipinski definition) is 4. The third-order valence-corrected chi connectivity index (χ3v) is 5.76. The molecule has 0 N–H and O–H groups in total. The lowest BCUT2D eigenvalue weighted by atomic mass is 9.88. The average molecular weight is 437 g/mol. The maximum atomic E-state index is 13.0. The molecule has 2 aromatic heterocycles. The smallest absolute Gasteiger partial charge is 0.138 e. The van der Waals surface area contributed by atoms with Gasteiger partial charge < -0.3 is 4.74 Å². The number of nitrogens with zero attached hydrogens (tertiary/aromatic N) is 2. The van der Waals surface area contributed by atoms with Gasteiger partial charge in [-0.3, -0.25) is 14.8 Å². The summed E-state index contributed by atoms with van der Waals surface area (Å²) in [7, 11) is 0. The lowest BCUT2D eigenvalue weighted by Crippen LogP contribution is -2.12. The average Bonchev–Trinajstić information content (AvgIpc) is 2.84. The van der Waals surface area contributed by atoms with Crippen molar-refractivity contribution in [1.82, 2.24) is 9.97 Å². The Morgan fingerprint density at radius 2 is 1.67 bits per heavy atom. The summed E-state index contributed by atoms with van der Waals surface area (Å²) in [5.74, 6) is 0.913. The summed E-state index contributed by atoms with van der Waals surface area (Å²) in [6, 6.07) is 25.9. The number of pyridine rings is 2. The minimum absolute atomic E-state index is 0.0513. The Hall–Kier alpha value is -3.79. The molecule has 4 aromatic rings. The molecule has 0 radical (unpaired) electrons. The number of benzene rings is 2. The monoisotopic (exact) mass is 436 g/mol. The third-order valence-electron chi connectivity index (χ3n) is 5.76. The fourth-order valence-electron chi connectivity index (χ4n) is 3.83. The SMILES string of the molecule is Cc1ccc(C(CC(=O)Cc2ccc(OCc3cccnc3C)cc2)c2ccccc2)nc1. The van der Waals surface area contributed by atoms with Crippen LogP contribution < -0.4 is 4.74 Å². The van der Waals surface area contributed by atoms with Gasteiger partial charge in [-0.15, -0.1) is 0 Å².